The Labute approximate surface area is 58.9 Å². The van der Waals surface area contributed by atoms with Crippen molar-refractivity contribution in [2.75, 3.05) is 0 Å². The van der Waals surface area contributed by atoms with Crippen molar-refractivity contribution in [2.24, 2.45) is 0 Å². The molecule has 10 heavy (non-hydrogen) atoms. The molecule has 0 spiro atoms. The largest absolute Gasteiger partial charge is 0.412 e. The van der Waals surface area contributed by atoms with E-state index >= 15 is 0 Å². The highest BCUT2D eigenvalue weighted by atomic mass is 32.3. The molecule has 8 nitrogen and oxygen atoms in total. The molecule has 0 fully saturated rings. The van der Waals surface area contributed by atoms with Gasteiger partial charge in [0.1, 0.15) is 0 Å². The molecule has 0 atom stereocenters. The summed E-state index contributed by atoms with van der Waals surface area (Å²) < 4.78 is 54.4. The summed E-state index contributed by atoms with van der Waals surface area (Å²) in [6, 6.07) is 0. The maximum absolute atomic E-state index is 8.74. The monoisotopic (exact) mass is 198 g/mol. The summed E-state index contributed by atoms with van der Waals surface area (Å²) in [5.41, 5.74) is 0. The molecule has 0 aromatic carbocycles. The predicted molar refractivity (Wildman–Crippen MR) is 31.2 cm³/mol. The lowest BCUT2D eigenvalue weighted by atomic mass is 15.8. The van der Waals surface area contributed by atoms with Crippen molar-refractivity contribution in [2.45, 2.75) is 0 Å². The molecule has 0 rings (SSSR count). The highest BCUT2D eigenvalue weighted by Gasteiger charge is 1.84. The molecule has 0 aliphatic carbocycles. The lowest BCUT2D eigenvalue weighted by Gasteiger charge is -1.68. The van der Waals surface area contributed by atoms with Crippen LogP contribution in [0.3, 0.4) is 0 Å². The number of rotatable bonds is 0. The van der Waals surface area contributed by atoms with Crippen molar-refractivity contribution in [3.05, 3.63) is 0 Å². The van der Waals surface area contributed by atoms with Crippen LogP contribution in [0.5, 0.6) is 0 Å². The molecule has 0 aromatic rings. The molecule has 66 valence electrons. The van der Waals surface area contributed by atoms with E-state index < -0.39 is 21.8 Å². The van der Waals surface area contributed by atoms with Crippen LogP contribution < -0.4 is 0 Å². The Morgan fingerprint density at radius 3 is 1.10 bits per heavy atom. The first kappa shape index (κ1) is 16.5. The Kier molecular flexibility index (Phi) is 11.5. The van der Waals surface area contributed by atoms with E-state index in [9.17, 15) is 0 Å². The fourth-order valence-corrected chi connectivity index (χ4v) is 0. The van der Waals surface area contributed by atoms with Crippen molar-refractivity contribution in [3.8, 4) is 0 Å². The smallest absolute Gasteiger partial charge is 0.394 e. The van der Waals surface area contributed by atoms with Crippen LogP contribution in [0.2, 0.25) is 0 Å². The minimum Gasteiger partial charge on any atom is -0.412 e. The molecule has 0 aliphatic heterocycles. The molecule has 0 aliphatic rings. The van der Waals surface area contributed by atoms with E-state index in [1.807, 2.05) is 0 Å². The lowest BCUT2D eigenvalue weighted by Crippen LogP contribution is -1.89. The van der Waals surface area contributed by atoms with Crippen LogP contribution in [-0.4, -0.2) is 36.3 Å². The summed E-state index contributed by atoms with van der Waals surface area (Å²) in [4.78, 5) is 0. The van der Waals surface area contributed by atoms with Gasteiger partial charge in [-0.1, -0.05) is 0 Å². The molecule has 0 saturated heterocycles. The van der Waals surface area contributed by atoms with E-state index in [4.69, 9.17) is 30.8 Å². The third kappa shape index (κ3) is 37600. The molecule has 0 bridgehead atoms. The molecule has 0 radical (unpaired) electrons. The van der Waals surface area contributed by atoms with Gasteiger partial charge in [0.05, 0.1) is 0 Å². The Hall–Kier alpha value is -0.100. The Morgan fingerprint density at radius 2 is 1.10 bits per heavy atom. The number of hydrogen-bond donors (Lipinski definition) is 4. The topological polar surface area (TPSA) is 164 Å². The number of hydrogen-bond acceptors (Lipinski definition) is 3. The average molecular weight is 198 g/mol. The second-order valence-electron chi connectivity index (χ2n) is 0.679. The Bertz CT molecular complexity index is 150. The van der Waals surface area contributed by atoms with Gasteiger partial charge in [-0.3, -0.25) is 18.2 Å². The van der Waals surface area contributed by atoms with Crippen LogP contribution in [0, 0.1) is 0 Å². The van der Waals surface area contributed by atoms with Crippen LogP contribution >= 0.6 is 0 Å². The van der Waals surface area contributed by atoms with Gasteiger partial charge in [-0.25, -0.2) is 0 Å². The zero-order valence-corrected chi connectivity index (χ0v) is 5.96. The third-order valence-electron chi connectivity index (χ3n) is 0. The fraction of sp³-hybridized carbons (Fsp3) is 0. The summed E-state index contributed by atoms with van der Waals surface area (Å²) in [7, 11) is -4.67. The quantitative estimate of drug-likeness (QED) is 0.263. The van der Waals surface area contributed by atoms with Gasteiger partial charge < -0.3 is 5.48 Å². The molecule has 0 aromatic heterocycles. The molecule has 0 unspecified atom stereocenters. The van der Waals surface area contributed by atoms with E-state index in [2.05, 4.69) is 0 Å². The van der Waals surface area contributed by atoms with Crippen molar-refractivity contribution >= 4 is 21.8 Å². The van der Waals surface area contributed by atoms with Gasteiger partial charge in [0.25, 0.3) is 11.4 Å². The van der Waals surface area contributed by atoms with Gasteiger partial charge in [-0.2, -0.15) is 12.6 Å². The van der Waals surface area contributed by atoms with Crippen molar-refractivity contribution < 1.29 is 36.3 Å². The van der Waals surface area contributed by atoms with Gasteiger partial charge in [-0.15, -0.1) is 0 Å². The maximum atomic E-state index is 8.74. The minimum atomic E-state index is -4.67. The zero-order valence-electron chi connectivity index (χ0n) is 4.33. The van der Waals surface area contributed by atoms with Gasteiger partial charge >= 0.3 is 10.4 Å². The summed E-state index contributed by atoms with van der Waals surface area (Å²) >= 11 is -2.61. The highest BCUT2D eigenvalue weighted by Crippen LogP contribution is 1.59. The fourth-order valence-electron chi connectivity index (χ4n) is 0. The van der Waals surface area contributed by atoms with Gasteiger partial charge in [0, 0.05) is 0 Å². The average Bonchev–Trinajstić information content (AvgIpc) is 1.19. The Morgan fingerprint density at radius 1 is 1.10 bits per heavy atom. The highest BCUT2D eigenvalue weighted by molar-refractivity contribution is 7.79. The van der Waals surface area contributed by atoms with Crippen molar-refractivity contribution in [1.29, 1.82) is 0 Å². The van der Waals surface area contributed by atoms with Gasteiger partial charge in [0.2, 0.25) is 0 Å². The van der Waals surface area contributed by atoms with Crippen molar-refractivity contribution in [3.63, 3.8) is 0 Å². The zero-order chi connectivity index (χ0) is 8.08. The van der Waals surface area contributed by atoms with E-state index in [1.165, 1.54) is 0 Å². The molecular formula is H6O8S2. The predicted octanol–water partition coefficient (Wildman–Crippen LogP) is -1.80. The first-order valence-corrected chi connectivity index (χ1v) is 3.69. The van der Waals surface area contributed by atoms with E-state index in [0.717, 1.165) is 0 Å². The Balaban J connectivity index is -0.0000000910. The standard InChI is InChI=1S/H2O4S.H2O3S.H2O/c1-5(2,3)4;1-4(2)3;/h(H2,1,2,3,4);(H2,1,2,3);1H2. The SMILES string of the molecule is O.O=S(=O)(O)O.O=S(O)O. The maximum Gasteiger partial charge on any atom is 0.394 e. The first-order chi connectivity index (χ1) is 3.73. The first-order valence-electron chi connectivity index (χ1n) is 1.23. The van der Waals surface area contributed by atoms with Crippen molar-refractivity contribution in [1.82, 2.24) is 0 Å². The van der Waals surface area contributed by atoms with Crippen LogP contribution in [0.15, 0.2) is 0 Å². The van der Waals surface area contributed by atoms with Gasteiger partial charge in [0.15, 0.2) is 0 Å². The summed E-state index contributed by atoms with van der Waals surface area (Å²) in [5.74, 6) is 0. The third-order valence-corrected chi connectivity index (χ3v) is 0. The normalized spacial score (nSPS) is 9.30. The molecule has 0 heterocycles. The molecule has 0 amide bonds. The van der Waals surface area contributed by atoms with Crippen LogP contribution in [0.4, 0.5) is 0 Å². The summed E-state index contributed by atoms with van der Waals surface area (Å²) in [6.07, 6.45) is 0. The van der Waals surface area contributed by atoms with Crippen LogP contribution in [0.25, 0.3) is 0 Å². The molecular weight excluding hydrogens is 192 g/mol. The van der Waals surface area contributed by atoms with Gasteiger partial charge in [-0.05, 0) is 0 Å². The second kappa shape index (κ2) is 7.01. The molecule has 0 saturated carbocycles. The van der Waals surface area contributed by atoms with E-state index in [1.54, 1.807) is 0 Å². The summed E-state index contributed by atoms with van der Waals surface area (Å²) in [6.45, 7) is 0. The van der Waals surface area contributed by atoms with E-state index in [0.29, 0.717) is 0 Å². The minimum absolute atomic E-state index is 0. The van der Waals surface area contributed by atoms with Crippen LogP contribution in [-0.2, 0) is 21.8 Å². The van der Waals surface area contributed by atoms with Crippen LogP contribution in [0.1, 0.15) is 0 Å². The molecule has 10 heteroatoms. The second-order valence-corrected chi connectivity index (χ2v) is 2.04. The lowest BCUT2D eigenvalue weighted by molar-refractivity contribution is 0.381. The molecule has 6 N–H and O–H groups in total. The van der Waals surface area contributed by atoms with E-state index in [-0.39, 0.29) is 5.48 Å². The summed E-state index contributed by atoms with van der Waals surface area (Å²) in [5, 5.41) is 0.